The Morgan fingerprint density at radius 1 is 1.44 bits per heavy atom. The van der Waals surface area contributed by atoms with E-state index in [4.69, 9.17) is 9.47 Å². The van der Waals surface area contributed by atoms with E-state index in [0.29, 0.717) is 13.2 Å². The molecule has 1 aromatic carbocycles. The number of ether oxygens (including phenoxy) is 2. The van der Waals surface area contributed by atoms with Crippen LogP contribution in [0.1, 0.15) is 12.5 Å². The molecule has 0 spiro atoms. The van der Waals surface area contributed by atoms with Gasteiger partial charge in [0.15, 0.2) is 6.10 Å². The van der Waals surface area contributed by atoms with E-state index in [9.17, 15) is 4.79 Å². The quantitative estimate of drug-likeness (QED) is 0.798. The van der Waals surface area contributed by atoms with Gasteiger partial charge in [0.1, 0.15) is 12.4 Å². The molecule has 1 saturated heterocycles. The molecule has 0 saturated carbocycles. The Morgan fingerprint density at radius 3 is 2.83 bits per heavy atom. The molecule has 1 amide bonds. The van der Waals surface area contributed by atoms with Crippen LogP contribution in [0.25, 0.3) is 0 Å². The SMILES string of the molecule is CCNCc1ccc(OCC2CNC(=O)O2)cc1. The lowest BCUT2D eigenvalue weighted by molar-refractivity contribution is 0.105. The summed E-state index contributed by atoms with van der Waals surface area (Å²) in [5, 5.41) is 5.85. The van der Waals surface area contributed by atoms with E-state index in [0.717, 1.165) is 18.8 Å². The Kier molecular flexibility index (Phi) is 4.41. The van der Waals surface area contributed by atoms with Crippen molar-refractivity contribution in [3.63, 3.8) is 0 Å². The third-order valence-corrected chi connectivity index (χ3v) is 2.69. The van der Waals surface area contributed by atoms with Crippen LogP contribution in [0.15, 0.2) is 24.3 Å². The first-order chi connectivity index (χ1) is 8.78. The highest BCUT2D eigenvalue weighted by Crippen LogP contribution is 2.13. The van der Waals surface area contributed by atoms with E-state index in [1.54, 1.807) is 0 Å². The number of alkyl carbamates (subject to hydrolysis) is 1. The van der Waals surface area contributed by atoms with Gasteiger partial charge in [-0.2, -0.15) is 0 Å². The number of carbonyl (C=O) groups is 1. The number of benzene rings is 1. The maximum Gasteiger partial charge on any atom is 0.407 e. The van der Waals surface area contributed by atoms with Gasteiger partial charge in [-0.15, -0.1) is 0 Å². The Morgan fingerprint density at radius 2 is 2.22 bits per heavy atom. The lowest BCUT2D eigenvalue weighted by Gasteiger charge is -2.10. The van der Waals surface area contributed by atoms with Gasteiger partial charge < -0.3 is 20.1 Å². The predicted molar refractivity (Wildman–Crippen MR) is 67.6 cm³/mol. The zero-order valence-electron chi connectivity index (χ0n) is 10.4. The molecular formula is C13H18N2O3. The monoisotopic (exact) mass is 250 g/mol. The van der Waals surface area contributed by atoms with Crippen LogP contribution in [-0.2, 0) is 11.3 Å². The number of amides is 1. The molecule has 0 aliphatic carbocycles. The Balaban J connectivity index is 1.77. The molecule has 0 radical (unpaired) electrons. The molecular weight excluding hydrogens is 232 g/mol. The van der Waals surface area contributed by atoms with Crippen LogP contribution >= 0.6 is 0 Å². The van der Waals surface area contributed by atoms with Crippen LogP contribution in [0.5, 0.6) is 5.75 Å². The molecule has 1 heterocycles. The summed E-state index contributed by atoms with van der Waals surface area (Å²) in [6.45, 7) is 4.79. The minimum absolute atomic E-state index is 0.195. The zero-order chi connectivity index (χ0) is 12.8. The molecule has 1 unspecified atom stereocenters. The van der Waals surface area contributed by atoms with Gasteiger partial charge in [0.25, 0.3) is 0 Å². The molecule has 98 valence electrons. The number of hydrogen-bond donors (Lipinski definition) is 2. The van der Waals surface area contributed by atoms with Crippen molar-refractivity contribution in [1.82, 2.24) is 10.6 Å². The van der Waals surface area contributed by atoms with Crippen LogP contribution in [0.3, 0.4) is 0 Å². The largest absolute Gasteiger partial charge is 0.490 e. The Bertz CT molecular complexity index is 392. The topological polar surface area (TPSA) is 59.6 Å². The maximum atomic E-state index is 10.8. The third kappa shape index (κ3) is 3.63. The predicted octanol–water partition coefficient (Wildman–Crippen LogP) is 1.28. The van der Waals surface area contributed by atoms with E-state index < -0.39 is 0 Å². The summed E-state index contributed by atoms with van der Waals surface area (Å²) in [5.41, 5.74) is 1.22. The van der Waals surface area contributed by atoms with Crippen molar-refractivity contribution in [3.05, 3.63) is 29.8 Å². The normalized spacial score (nSPS) is 18.3. The van der Waals surface area contributed by atoms with Crippen molar-refractivity contribution in [1.29, 1.82) is 0 Å². The van der Waals surface area contributed by atoms with Crippen molar-refractivity contribution >= 4 is 6.09 Å². The van der Waals surface area contributed by atoms with Gasteiger partial charge in [-0.3, -0.25) is 0 Å². The van der Waals surface area contributed by atoms with Gasteiger partial charge in [-0.25, -0.2) is 4.79 Å². The molecule has 5 heteroatoms. The Hall–Kier alpha value is -1.75. The second kappa shape index (κ2) is 6.26. The molecule has 18 heavy (non-hydrogen) atoms. The average Bonchev–Trinajstić information content (AvgIpc) is 2.81. The second-order valence-electron chi connectivity index (χ2n) is 4.14. The first kappa shape index (κ1) is 12.7. The standard InChI is InChI=1S/C13H18N2O3/c1-2-14-7-10-3-5-11(6-4-10)17-9-12-8-15-13(16)18-12/h3-6,12,14H,2,7-9H2,1H3,(H,15,16). The molecule has 1 aromatic rings. The van der Waals surface area contributed by atoms with Crippen molar-refractivity contribution in [3.8, 4) is 5.75 Å². The van der Waals surface area contributed by atoms with Crippen LogP contribution < -0.4 is 15.4 Å². The minimum Gasteiger partial charge on any atom is -0.490 e. The lowest BCUT2D eigenvalue weighted by atomic mass is 10.2. The molecule has 1 aliphatic heterocycles. The van der Waals surface area contributed by atoms with Crippen molar-refractivity contribution < 1.29 is 14.3 Å². The number of rotatable bonds is 6. The smallest absolute Gasteiger partial charge is 0.407 e. The van der Waals surface area contributed by atoms with Gasteiger partial charge in [0.2, 0.25) is 0 Å². The summed E-state index contributed by atoms with van der Waals surface area (Å²) in [6.07, 6.45) is -0.566. The number of cyclic esters (lactones) is 1. The van der Waals surface area contributed by atoms with Gasteiger partial charge in [-0.1, -0.05) is 19.1 Å². The van der Waals surface area contributed by atoms with E-state index in [1.807, 2.05) is 24.3 Å². The average molecular weight is 250 g/mol. The fraction of sp³-hybridized carbons (Fsp3) is 0.462. The van der Waals surface area contributed by atoms with Crippen LogP contribution in [0.4, 0.5) is 4.79 Å². The number of hydrogen-bond acceptors (Lipinski definition) is 4. The molecule has 2 N–H and O–H groups in total. The van der Waals surface area contributed by atoms with Gasteiger partial charge in [-0.05, 0) is 24.2 Å². The van der Waals surface area contributed by atoms with Crippen molar-refractivity contribution in [2.45, 2.75) is 19.6 Å². The first-order valence-corrected chi connectivity index (χ1v) is 6.15. The molecule has 1 aliphatic rings. The zero-order valence-corrected chi connectivity index (χ0v) is 10.4. The number of nitrogens with one attached hydrogen (secondary N) is 2. The molecule has 2 rings (SSSR count). The van der Waals surface area contributed by atoms with Crippen LogP contribution in [-0.4, -0.2) is 31.9 Å². The van der Waals surface area contributed by atoms with Gasteiger partial charge >= 0.3 is 6.09 Å². The van der Waals surface area contributed by atoms with Gasteiger partial charge in [0.05, 0.1) is 6.54 Å². The summed E-state index contributed by atoms with van der Waals surface area (Å²) in [4.78, 5) is 10.8. The molecule has 0 bridgehead atoms. The first-order valence-electron chi connectivity index (χ1n) is 6.15. The summed E-state index contributed by atoms with van der Waals surface area (Å²) in [5.74, 6) is 0.790. The van der Waals surface area contributed by atoms with Crippen molar-refractivity contribution in [2.75, 3.05) is 19.7 Å². The molecule has 0 aromatic heterocycles. The maximum absolute atomic E-state index is 10.8. The van der Waals surface area contributed by atoms with E-state index >= 15 is 0 Å². The molecule has 5 nitrogen and oxygen atoms in total. The second-order valence-corrected chi connectivity index (χ2v) is 4.14. The highest BCUT2D eigenvalue weighted by molar-refractivity contribution is 5.69. The molecule has 1 fully saturated rings. The highest BCUT2D eigenvalue weighted by atomic mass is 16.6. The van der Waals surface area contributed by atoms with E-state index in [-0.39, 0.29) is 12.2 Å². The lowest BCUT2D eigenvalue weighted by Crippen LogP contribution is -2.21. The van der Waals surface area contributed by atoms with Gasteiger partial charge in [0, 0.05) is 6.54 Å². The number of carbonyl (C=O) groups excluding carboxylic acids is 1. The van der Waals surface area contributed by atoms with Crippen LogP contribution in [0, 0.1) is 0 Å². The van der Waals surface area contributed by atoms with E-state index in [2.05, 4.69) is 17.6 Å². The fourth-order valence-electron chi connectivity index (χ4n) is 1.69. The summed E-state index contributed by atoms with van der Waals surface area (Å²) >= 11 is 0. The van der Waals surface area contributed by atoms with Crippen molar-refractivity contribution in [2.24, 2.45) is 0 Å². The summed E-state index contributed by atoms with van der Waals surface area (Å²) in [6, 6.07) is 7.90. The van der Waals surface area contributed by atoms with E-state index in [1.165, 1.54) is 5.56 Å². The van der Waals surface area contributed by atoms with Crippen LogP contribution in [0.2, 0.25) is 0 Å². The third-order valence-electron chi connectivity index (χ3n) is 2.69. The highest BCUT2D eigenvalue weighted by Gasteiger charge is 2.22. The fourth-order valence-corrected chi connectivity index (χ4v) is 1.69. The summed E-state index contributed by atoms with van der Waals surface area (Å²) < 4.78 is 10.5. The minimum atomic E-state index is -0.371. The molecule has 1 atom stereocenters. The Labute approximate surface area is 106 Å². The summed E-state index contributed by atoms with van der Waals surface area (Å²) in [7, 11) is 0.